The molecule has 1 aromatic rings. The smallest absolute Gasteiger partial charge is 0.0917 e. The molecule has 1 aliphatic rings. The minimum Gasteiger partial charge on any atom is -0.387 e. The van der Waals surface area contributed by atoms with Gasteiger partial charge in [0.05, 0.1) is 6.10 Å². The summed E-state index contributed by atoms with van der Waals surface area (Å²) in [6.45, 7) is 9.72. The topological polar surface area (TPSA) is 23.5 Å². The monoisotopic (exact) mass is 275 g/mol. The van der Waals surface area contributed by atoms with Crippen LogP contribution in [0.25, 0.3) is 0 Å². The zero-order valence-corrected chi connectivity index (χ0v) is 13.2. The summed E-state index contributed by atoms with van der Waals surface area (Å²) in [5.74, 6) is 0.679. The third-order valence-corrected chi connectivity index (χ3v) is 4.26. The molecule has 0 amide bonds. The van der Waals surface area contributed by atoms with Crippen molar-refractivity contribution in [1.29, 1.82) is 0 Å². The number of aliphatic hydroxyl groups is 1. The van der Waals surface area contributed by atoms with Crippen molar-refractivity contribution in [1.82, 2.24) is 4.90 Å². The summed E-state index contributed by atoms with van der Waals surface area (Å²) in [6, 6.07) is 6.48. The van der Waals surface area contributed by atoms with Crippen LogP contribution in [-0.2, 0) is 6.42 Å². The number of nitrogens with zero attached hydrogens (tertiary/aromatic N) is 1. The van der Waals surface area contributed by atoms with Gasteiger partial charge < -0.3 is 10.0 Å². The van der Waals surface area contributed by atoms with Gasteiger partial charge in [0.25, 0.3) is 0 Å². The molecule has 0 radical (unpaired) electrons. The second-order valence-corrected chi connectivity index (χ2v) is 6.66. The Morgan fingerprint density at radius 1 is 1.15 bits per heavy atom. The summed E-state index contributed by atoms with van der Waals surface area (Å²) in [6.07, 6.45) is 4.67. The molecule has 2 heteroatoms. The van der Waals surface area contributed by atoms with Crippen LogP contribution in [-0.4, -0.2) is 29.6 Å². The molecular weight excluding hydrogens is 246 g/mol. The van der Waals surface area contributed by atoms with Gasteiger partial charge in [0.2, 0.25) is 0 Å². The fourth-order valence-electron chi connectivity index (χ4n) is 3.09. The van der Waals surface area contributed by atoms with Crippen molar-refractivity contribution in [2.45, 2.75) is 52.6 Å². The molecule has 0 spiro atoms. The van der Waals surface area contributed by atoms with Gasteiger partial charge in [-0.05, 0) is 61.9 Å². The van der Waals surface area contributed by atoms with Crippen molar-refractivity contribution in [3.05, 3.63) is 34.9 Å². The normalized spacial score (nSPS) is 18.4. The Balaban J connectivity index is 1.98. The van der Waals surface area contributed by atoms with E-state index in [1.165, 1.54) is 30.4 Å². The number of aryl methyl sites for hydroxylation is 1. The summed E-state index contributed by atoms with van der Waals surface area (Å²) < 4.78 is 0. The molecule has 2 rings (SSSR count). The standard InChI is InChI=1S/C18H29NO/c1-14(2)11-16-7-8-17(12-15(16)3)18(20)13-19-9-5-4-6-10-19/h7-8,12,14,18,20H,4-6,9-11,13H2,1-3H3. The Morgan fingerprint density at radius 3 is 2.45 bits per heavy atom. The summed E-state index contributed by atoms with van der Waals surface area (Å²) in [5, 5.41) is 10.4. The number of aliphatic hydroxyl groups excluding tert-OH is 1. The first-order valence-corrected chi connectivity index (χ1v) is 8.06. The predicted octanol–water partition coefficient (Wildman–Crippen LogP) is 3.71. The van der Waals surface area contributed by atoms with Gasteiger partial charge in [-0.2, -0.15) is 0 Å². The van der Waals surface area contributed by atoms with Gasteiger partial charge in [-0.3, -0.25) is 0 Å². The molecule has 1 aliphatic heterocycles. The van der Waals surface area contributed by atoms with Gasteiger partial charge in [-0.15, -0.1) is 0 Å². The molecule has 0 saturated carbocycles. The Hall–Kier alpha value is -0.860. The van der Waals surface area contributed by atoms with E-state index in [0.29, 0.717) is 5.92 Å². The Labute approximate surface area is 123 Å². The van der Waals surface area contributed by atoms with Crippen molar-refractivity contribution in [3.8, 4) is 0 Å². The van der Waals surface area contributed by atoms with Crippen LogP contribution in [0.15, 0.2) is 18.2 Å². The summed E-state index contributed by atoms with van der Waals surface area (Å²) >= 11 is 0. The molecule has 0 bridgehead atoms. The van der Waals surface area contributed by atoms with E-state index < -0.39 is 0 Å². The molecule has 112 valence electrons. The predicted molar refractivity (Wildman–Crippen MR) is 85.0 cm³/mol. The van der Waals surface area contributed by atoms with E-state index in [1.807, 2.05) is 0 Å². The van der Waals surface area contributed by atoms with E-state index >= 15 is 0 Å². The van der Waals surface area contributed by atoms with Crippen molar-refractivity contribution < 1.29 is 5.11 Å². The van der Waals surface area contributed by atoms with Gasteiger partial charge in [-0.1, -0.05) is 38.5 Å². The number of β-amino-alcohol motifs (C(OH)–C–C–N with tert-alkyl or cyclic N) is 1. The minimum absolute atomic E-state index is 0.347. The molecule has 1 fully saturated rings. The summed E-state index contributed by atoms with van der Waals surface area (Å²) in [5.41, 5.74) is 3.79. The van der Waals surface area contributed by atoms with Gasteiger partial charge in [0.15, 0.2) is 0 Å². The maximum atomic E-state index is 10.4. The highest BCUT2D eigenvalue weighted by atomic mass is 16.3. The average molecular weight is 275 g/mol. The number of rotatable bonds is 5. The minimum atomic E-state index is -0.347. The van der Waals surface area contributed by atoms with E-state index in [2.05, 4.69) is 43.9 Å². The van der Waals surface area contributed by atoms with E-state index in [9.17, 15) is 5.11 Å². The van der Waals surface area contributed by atoms with Gasteiger partial charge in [0, 0.05) is 6.54 Å². The largest absolute Gasteiger partial charge is 0.387 e. The fraction of sp³-hybridized carbons (Fsp3) is 0.667. The van der Waals surface area contributed by atoms with Crippen LogP contribution in [0.1, 0.15) is 55.9 Å². The lowest BCUT2D eigenvalue weighted by atomic mass is 9.95. The van der Waals surface area contributed by atoms with Crippen molar-refractivity contribution in [2.24, 2.45) is 5.92 Å². The first kappa shape index (κ1) is 15.5. The molecule has 1 atom stereocenters. The molecule has 1 N–H and O–H groups in total. The van der Waals surface area contributed by atoms with E-state index in [-0.39, 0.29) is 6.10 Å². The van der Waals surface area contributed by atoms with Crippen LogP contribution >= 0.6 is 0 Å². The van der Waals surface area contributed by atoms with Crippen LogP contribution in [0.5, 0.6) is 0 Å². The molecule has 0 aliphatic carbocycles. The van der Waals surface area contributed by atoms with Crippen molar-refractivity contribution in [2.75, 3.05) is 19.6 Å². The first-order valence-electron chi connectivity index (χ1n) is 8.06. The number of likely N-dealkylation sites (tertiary alicyclic amines) is 1. The average Bonchev–Trinajstić information content (AvgIpc) is 2.41. The first-order chi connectivity index (χ1) is 9.56. The lowest BCUT2D eigenvalue weighted by Crippen LogP contribution is -2.33. The number of hydrogen-bond acceptors (Lipinski definition) is 2. The highest BCUT2D eigenvalue weighted by Gasteiger charge is 2.16. The Morgan fingerprint density at radius 2 is 1.85 bits per heavy atom. The molecule has 20 heavy (non-hydrogen) atoms. The quantitative estimate of drug-likeness (QED) is 0.885. The van der Waals surface area contributed by atoms with Crippen molar-refractivity contribution in [3.63, 3.8) is 0 Å². The second kappa shape index (κ2) is 7.24. The zero-order chi connectivity index (χ0) is 14.5. The van der Waals surface area contributed by atoms with Crippen LogP contribution in [0.4, 0.5) is 0 Å². The molecule has 1 unspecified atom stereocenters. The molecular formula is C18H29NO. The lowest BCUT2D eigenvalue weighted by Gasteiger charge is -2.28. The molecule has 1 aromatic carbocycles. The number of hydrogen-bond donors (Lipinski definition) is 1. The number of piperidine rings is 1. The van der Waals surface area contributed by atoms with Crippen LogP contribution in [0.2, 0.25) is 0 Å². The Kier molecular flexibility index (Phi) is 5.62. The van der Waals surface area contributed by atoms with Crippen LogP contribution in [0, 0.1) is 12.8 Å². The Bertz CT molecular complexity index is 421. The maximum absolute atomic E-state index is 10.4. The SMILES string of the molecule is Cc1cc(C(O)CN2CCCCC2)ccc1CC(C)C. The number of benzene rings is 1. The summed E-state index contributed by atoms with van der Waals surface area (Å²) in [4.78, 5) is 2.39. The van der Waals surface area contributed by atoms with E-state index in [1.54, 1.807) is 0 Å². The molecule has 1 heterocycles. The third-order valence-electron chi connectivity index (χ3n) is 4.26. The third kappa shape index (κ3) is 4.32. The van der Waals surface area contributed by atoms with E-state index in [0.717, 1.165) is 31.6 Å². The van der Waals surface area contributed by atoms with Gasteiger partial charge in [-0.25, -0.2) is 0 Å². The second-order valence-electron chi connectivity index (χ2n) is 6.66. The summed E-state index contributed by atoms with van der Waals surface area (Å²) in [7, 11) is 0. The lowest BCUT2D eigenvalue weighted by molar-refractivity contribution is 0.101. The molecule has 2 nitrogen and oxygen atoms in total. The van der Waals surface area contributed by atoms with Gasteiger partial charge >= 0.3 is 0 Å². The van der Waals surface area contributed by atoms with Crippen LogP contribution < -0.4 is 0 Å². The maximum Gasteiger partial charge on any atom is 0.0917 e. The molecule has 1 saturated heterocycles. The highest BCUT2D eigenvalue weighted by Crippen LogP contribution is 2.21. The highest BCUT2D eigenvalue weighted by molar-refractivity contribution is 5.32. The zero-order valence-electron chi connectivity index (χ0n) is 13.2. The van der Waals surface area contributed by atoms with Gasteiger partial charge in [0.1, 0.15) is 0 Å². The molecule has 0 aromatic heterocycles. The van der Waals surface area contributed by atoms with E-state index in [4.69, 9.17) is 0 Å². The fourth-order valence-corrected chi connectivity index (χ4v) is 3.09. The van der Waals surface area contributed by atoms with Crippen LogP contribution in [0.3, 0.4) is 0 Å². The van der Waals surface area contributed by atoms with Crippen molar-refractivity contribution >= 4 is 0 Å².